The third-order valence-electron chi connectivity index (χ3n) is 3.01. The molecule has 0 aliphatic carbocycles. The van der Waals surface area contributed by atoms with Gasteiger partial charge in [-0.25, -0.2) is 4.79 Å². The lowest BCUT2D eigenvalue weighted by molar-refractivity contribution is 0.132. The van der Waals surface area contributed by atoms with Crippen molar-refractivity contribution in [3.05, 3.63) is 29.8 Å². The number of carbonyl (C=O) groups excluding carboxylic acids is 1. The summed E-state index contributed by atoms with van der Waals surface area (Å²) in [7, 11) is 1.62. The molecule has 1 aromatic carbocycles. The summed E-state index contributed by atoms with van der Waals surface area (Å²) in [4.78, 5) is 13.3. The smallest absolute Gasteiger partial charge is 0.410 e. The second-order valence-electron chi connectivity index (χ2n) is 4.23. The Kier molecular flexibility index (Phi) is 4.04. The van der Waals surface area contributed by atoms with Crippen molar-refractivity contribution in [1.82, 2.24) is 4.90 Å². The Morgan fingerprint density at radius 2 is 2.17 bits per heavy atom. The number of benzene rings is 1. The van der Waals surface area contributed by atoms with Crippen LogP contribution in [0.2, 0.25) is 0 Å². The lowest BCUT2D eigenvalue weighted by Gasteiger charge is -2.11. The summed E-state index contributed by atoms with van der Waals surface area (Å²) < 4.78 is 10.4. The van der Waals surface area contributed by atoms with Gasteiger partial charge < -0.3 is 20.1 Å². The van der Waals surface area contributed by atoms with Crippen molar-refractivity contribution in [1.29, 1.82) is 0 Å². The fourth-order valence-corrected chi connectivity index (χ4v) is 1.96. The average Bonchev–Trinajstić information content (AvgIpc) is 2.78. The minimum absolute atomic E-state index is 0.193. The van der Waals surface area contributed by atoms with Gasteiger partial charge in [0.1, 0.15) is 11.9 Å². The van der Waals surface area contributed by atoms with Crippen LogP contribution in [0.5, 0.6) is 5.75 Å². The highest BCUT2D eigenvalue weighted by Crippen LogP contribution is 2.27. The topological polar surface area (TPSA) is 64.8 Å². The number of hydrogen-bond acceptors (Lipinski definition) is 4. The van der Waals surface area contributed by atoms with Crippen molar-refractivity contribution < 1.29 is 14.3 Å². The molecule has 2 rings (SSSR count). The van der Waals surface area contributed by atoms with E-state index < -0.39 is 0 Å². The summed E-state index contributed by atoms with van der Waals surface area (Å²) in [6.07, 6.45) is 0.343. The number of ether oxygens (including phenoxy) is 2. The van der Waals surface area contributed by atoms with E-state index in [1.54, 1.807) is 12.0 Å². The van der Waals surface area contributed by atoms with Crippen LogP contribution in [0.25, 0.3) is 0 Å². The van der Waals surface area contributed by atoms with Crippen LogP contribution in [0, 0.1) is 0 Å². The number of hydrogen-bond donors (Lipinski definition) is 1. The molecule has 1 amide bonds. The van der Waals surface area contributed by atoms with Gasteiger partial charge in [0, 0.05) is 6.54 Å². The molecule has 18 heavy (non-hydrogen) atoms. The fourth-order valence-electron chi connectivity index (χ4n) is 1.96. The highest BCUT2D eigenvalue weighted by atomic mass is 16.6. The lowest BCUT2D eigenvalue weighted by atomic mass is 10.1. The van der Waals surface area contributed by atoms with E-state index in [1.807, 2.05) is 24.3 Å². The molecule has 5 heteroatoms. The summed E-state index contributed by atoms with van der Waals surface area (Å²) in [5.41, 5.74) is 6.42. The summed E-state index contributed by atoms with van der Waals surface area (Å²) in [5, 5.41) is 0. The van der Waals surface area contributed by atoms with E-state index in [9.17, 15) is 4.79 Å². The number of nitrogens with two attached hydrogens (primary N) is 1. The molecule has 2 N–H and O–H groups in total. The molecule has 1 unspecified atom stereocenters. The van der Waals surface area contributed by atoms with Gasteiger partial charge in [0.15, 0.2) is 0 Å². The minimum atomic E-state index is -0.260. The molecule has 0 bridgehead atoms. The van der Waals surface area contributed by atoms with Crippen LogP contribution in [0.15, 0.2) is 24.3 Å². The quantitative estimate of drug-likeness (QED) is 0.860. The first-order chi connectivity index (χ1) is 8.74. The molecule has 0 aromatic heterocycles. The highest BCUT2D eigenvalue weighted by Gasteiger charge is 2.31. The Morgan fingerprint density at radius 3 is 2.78 bits per heavy atom. The summed E-state index contributed by atoms with van der Waals surface area (Å²) in [5.74, 6) is 0.795. The minimum Gasteiger partial charge on any atom is -0.497 e. The lowest BCUT2D eigenvalue weighted by Crippen LogP contribution is -2.27. The molecular formula is C13H18N2O3. The maximum absolute atomic E-state index is 11.6. The predicted molar refractivity (Wildman–Crippen MR) is 67.5 cm³/mol. The molecule has 0 radical (unpaired) electrons. The third-order valence-corrected chi connectivity index (χ3v) is 3.01. The first kappa shape index (κ1) is 12.7. The van der Waals surface area contributed by atoms with Gasteiger partial charge in [-0.1, -0.05) is 12.1 Å². The van der Waals surface area contributed by atoms with Gasteiger partial charge in [-0.2, -0.15) is 0 Å². The van der Waals surface area contributed by atoms with Gasteiger partial charge in [0.2, 0.25) is 0 Å². The fraction of sp³-hybridized carbons (Fsp3) is 0.462. The van der Waals surface area contributed by atoms with Gasteiger partial charge in [-0.3, -0.25) is 0 Å². The largest absolute Gasteiger partial charge is 0.497 e. The molecule has 1 saturated heterocycles. The van der Waals surface area contributed by atoms with Crippen molar-refractivity contribution in [3.8, 4) is 5.75 Å². The molecule has 1 aliphatic rings. The standard InChI is InChI=1S/C13H18N2O3/c1-17-11-5-3-10(4-6-11)12-9-15(8-2-7-14)13(16)18-12/h3-6,12H,2,7-9,14H2,1H3. The number of rotatable bonds is 5. The van der Waals surface area contributed by atoms with Crippen LogP contribution in [-0.4, -0.2) is 37.7 Å². The van der Waals surface area contributed by atoms with Crippen LogP contribution >= 0.6 is 0 Å². The van der Waals surface area contributed by atoms with Crippen molar-refractivity contribution >= 4 is 6.09 Å². The van der Waals surface area contributed by atoms with E-state index in [0.29, 0.717) is 19.6 Å². The Bertz CT molecular complexity index is 405. The normalized spacial score (nSPS) is 18.9. The first-order valence-corrected chi connectivity index (χ1v) is 6.04. The SMILES string of the molecule is COc1ccc(C2CN(CCCN)C(=O)O2)cc1. The second-order valence-corrected chi connectivity index (χ2v) is 4.23. The summed E-state index contributed by atoms with van der Waals surface area (Å²) in [6.45, 7) is 1.82. The van der Waals surface area contributed by atoms with Crippen molar-refractivity contribution in [3.63, 3.8) is 0 Å². The average molecular weight is 250 g/mol. The Balaban J connectivity index is 2.00. The number of amides is 1. The zero-order chi connectivity index (χ0) is 13.0. The molecule has 0 spiro atoms. The molecule has 1 aromatic rings. The van der Waals surface area contributed by atoms with E-state index in [2.05, 4.69) is 0 Å². The molecule has 0 saturated carbocycles. The van der Waals surface area contributed by atoms with E-state index in [0.717, 1.165) is 17.7 Å². The Morgan fingerprint density at radius 1 is 1.44 bits per heavy atom. The second kappa shape index (κ2) is 5.73. The third kappa shape index (κ3) is 2.73. The maximum atomic E-state index is 11.6. The highest BCUT2D eigenvalue weighted by molar-refractivity contribution is 5.70. The monoisotopic (exact) mass is 250 g/mol. The van der Waals surface area contributed by atoms with Crippen LogP contribution in [0.3, 0.4) is 0 Å². The molecule has 1 heterocycles. The summed E-state index contributed by atoms with van der Waals surface area (Å²) in [6, 6.07) is 7.57. The van der Waals surface area contributed by atoms with Crippen LogP contribution in [0.4, 0.5) is 4.79 Å². The van der Waals surface area contributed by atoms with Crippen molar-refractivity contribution in [2.45, 2.75) is 12.5 Å². The maximum Gasteiger partial charge on any atom is 0.410 e. The molecule has 98 valence electrons. The van der Waals surface area contributed by atoms with Crippen LogP contribution in [-0.2, 0) is 4.74 Å². The Hall–Kier alpha value is -1.75. The summed E-state index contributed by atoms with van der Waals surface area (Å²) >= 11 is 0. The zero-order valence-corrected chi connectivity index (χ0v) is 10.5. The molecule has 5 nitrogen and oxygen atoms in total. The number of cyclic esters (lactones) is 1. The van der Waals surface area contributed by atoms with Gasteiger partial charge in [0.05, 0.1) is 13.7 Å². The van der Waals surface area contributed by atoms with Gasteiger partial charge in [0.25, 0.3) is 0 Å². The van der Waals surface area contributed by atoms with Gasteiger partial charge >= 0.3 is 6.09 Å². The zero-order valence-electron chi connectivity index (χ0n) is 10.5. The van der Waals surface area contributed by atoms with Crippen molar-refractivity contribution in [2.24, 2.45) is 5.73 Å². The first-order valence-electron chi connectivity index (χ1n) is 6.04. The van der Waals surface area contributed by atoms with Gasteiger partial charge in [-0.15, -0.1) is 0 Å². The van der Waals surface area contributed by atoms with E-state index in [-0.39, 0.29) is 12.2 Å². The van der Waals surface area contributed by atoms with Crippen molar-refractivity contribution in [2.75, 3.05) is 26.7 Å². The number of methoxy groups -OCH3 is 1. The van der Waals surface area contributed by atoms with Crippen LogP contribution < -0.4 is 10.5 Å². The van der Waals surface area contributed by atoms with Crippen LogP contribution in [0.1, 0.15) is 18.1 Å². The molecule has 1 atom stereocenters. The van der Waals surface area contributed by atoms with E-state index >= 15 is 0 Å². The molecular weight excluding hydrogens is 232 g/mol. The van der Waals surface area contributed by atoms with E-state index in [4.69, 9.17) is 15.2 Å². The predicted octanol–water partition coefficient (Wildman–Crippen LogP) is 1.54. The van der Waals surface area contributed by atoms with E-state index in [1.165, 1.54) is 0 Å². The number of carbonyl (C=O) groups is 1. The molecule has 1 fully saturated rings. The number of nitrogens with zero attached hydrogens (tertiary/aromatic N) is 1. The van der Waals surface area contributed by atoms with Gasteiger partial charge in [-0.05, 0) is 30.7 Å². The molecule has 1 aliphatic heterocycles. The Labute approximate surface area is 106 Å².